The Kier molecular flexibility index (Phi) is 4.89. The fourth-order valence-corrected chi connectivity index (χ4v) is 5.06. The number of nitrogens with zero attached hydrogens (tertiary/aromatic N) is 3. The SMILES string of the molecule is CC1CC(C)(CC(=O)N2CCn3nc(-c4ccc(F)c(Cl)c4)c(C(N)=O)c3C2)C1. The minimum atomic E-state index is -0.629. The van der Waals surface area contributed by atoms with Gasteiger partial charge in [-0.1, -0.05) is 25.4 Å². The van der Waals surface area contributed by atoms with Crippen LogP contribution in [-0.4, -0.2) is 33.0 Å². The van der Waals surface area contributed by atoms with Gasteiger partial charge in [-0.05, 0) is 42.4 Å². The largest absolute Gasteiger partial charge is 0.365 e. The van der Waals surface area contributed by atoms with E-state index in [1.54, 1.807) is 9.58 Å². The van der Waals surface area contributed by atoms with Crippen LogP contribution in [-0.2, 0) is 17.9 Å². The quantitative estimate of drug-likeness (QED) is 0.823. The summed E-state index contributed by atoms with van der Waals surface area (Å²) in [4.78, 5) is 26.9. The molecule has 2 aliphatic rings. The summed E-state index contributed by atoms with van der Waals surface area (Å²) in [6.07, 6.45) is 2.64. The van der Waals surface area contributed by atoms with Crippen molar-refractivity contribution in [2.75, 3.05) is 6.54 Å². The zero-order valence-corrected chi connectivity index (χ0v) is 17.3. The van der Waals surface area contributed by atoms with Gasteiger partial charge in [-0.2, -0.15) is 5.10 Å². The lowest BCUT2D eigenvalue weighted by Crippen LogP contribution is -2.43. The summed E-state index contributed by atoms with van der Waals surface area (Å²) in [7, 11) is 0. The topological polar surface area (TPSA) is 81.2 Å². The third-order valence-corrected chi connectivity index (χ3v) is 6.32. The summed E-state index contributed by atoms with van der Waals surface area (Å²) in [6, 6.07) is 4.18. The smallest absolute Gasteiger partial charge is 0.252 e. The van der Waals surface area contributed by atoms with Crippen LogP contribution in [0.2, 0.25) is 5.02 Å². The van der Waals surface area contributed by atoms with Gasteiger partial charge in [0.25, 0.3) is 5.91 Å². The highest BCUT2D eigenvalue weighted by atomic mass is 35.5. The molecule has 1 fully saturated rings. The molecule has 1 aliphatic heterocycles. The van der Waals surface area contributed by atoms with Gasteiger partial charge in [-0.25, -0.2) is 4.39 Å². The molecule has 0 radical (unpaired) electrons. The van der Waals surface area contributed by atoms with Crippen molar-refractivity contribution >= 4 is 23.4 Å². The van der Waals surface area contributed by atoms with Crippen molar-refractivity contribution in [2.24, 2.45) is 17.1 Å². The second kappa shape index (κ2) is 7.13. The monoisotopic (exact) mass is 418 g/mol. The number of carbonyl (C=O) groups is 2. The molecule has 6 nitrogen and oxygen atoms in total. The number of carbonyl (C=O) groups excluding carboxylic acids is 2. The van der Waals surface area contributed by atoms with E-state index in [1.807, 2.05) is 0 Å². The standard InChI is InChI=1S/C21H24ClFN4O2/c1-12-8-21(2,9-12)10-17(28)26-5-6-27-16(11-26)18(20(24)29)19(25-27)13-3-4-15(23)14(22)7-13/h3-4,7,12H,5-6,8-11H2,1-2H3,(H2,24,29). The minimum absolute atomic E-state index is 0.0522. The predicted molar refractivity (Wildman–Crippen MR) is 108 cm³/mol. The molecule has 0 saturated heterocycles. The first-order valence-corrected chi connectivity index (χ1v) is 10.2. The summed E-state index contributed by atoms with van der Waals surface area (Å²) in [5.74, 6) is -0.415. The Hall–Kier alpha value is -2.41. The van der Waals surface area contributed by atoms with Crippen molar-refractivity contribution in [3.63, 3.8) is 0 Å². The third kappa shape index (κ3) is 3.64. The van der Waals surface area contributed by atoms with Crippen molar-refractivity contribution in [1.29, 1.82) is 0 Å². The van der Waals surface area contributed by atoms with Gasteiger partial charge in [-0.3, -0.25) is 14.3 Å². The van der Waals surface area contributed by atoms with Gasteiger partial charge in [-0.15, -0.1) is 0 Å². The molecule has 8 heteroatoms. The Bertz CT molecular complexity index is 997. The van der Waals surface area contributed by atoms with Crippen molar-refractivity contribution in [1.82, 2.24) is 14.7 Å². The minimum Gasteiger partial charge on any atom is -0.365 e. The summed E-state index contributed by atoms with van der Waals surface area (Å²) >= 11 is 5.90. The number of aromatic nitrogens is 2. The lowest BCUT2D eigenvalue weighted by atomic mass is 9.62. The molecule has 29 heavy (non-hydrogen) atoms. The molecule has 1 aromatic carbocycles. The lowest BCUT2D eigenvalue weighted by molar-refractivity contribution is -0.137. The van der Waals surface area contributed by atoms with Crippen LogP contribution >= 0.6 is 11.6 Å². The average Bonchev–Trinajstić information content (AvgIpc) is 3.01. The number of rotatable bonds is 4. The Balaban J connectivity index is 1.62. The maximum absolute atomic E-state index is 13.5. The fourth-order valence-electron chi connectivity index (χ4n) is 4.88. The van der Waals surface area contributed by atoms with E-state index in [4.69, 9.17) is 17.3 Å². The van der Waals surface area contributed by atoms with Crippen LogP contribution in [0.1, 0.15) is 49.2 Å². The molecule has 154 valence electrons. The highest BCUT2D eigenvalue weighted by Gasteiger charge is 2.40. The molecule has 1 aromatic heterocycles. The summed E-state index contributed by atoms with van der Waals surface area (Å²) < 4.78 is 15.3. The molecule has 1 aliphatic carbocycles. The normalized spacial score (nSPS) is 23.4. The second-order valence-corrected chi connectivity index (χ2v) is 9.11. The third-order valence-electron chi connectivity index (χ3n) is 6.03. The molecule has 0 bridgehead atoms. The number of amides is 2. The average molecular weight is 419 g/mol. The van der Waals surface area contributed by atoms with E-state index in [0.717, 1.165) is 12.8 Å². The second-order valence-electron chi connectivity index (χ2n) is 8.70. The lowest BCUT2D eigenvalue weighted by Gasteiger charge is -2.44. The van der Waals surface area contributed by atoms with Gasteiger partial charge in [0.2, 0.25) is 5.91 Å². The molecule has 2 heterocycles. The van der Waals surface area contributed by atoms with E-state index >= 15 is 0 Å². The zero-order chi connectivity index (χ0) is 20.9. The zero-order valence-electron chi connectivity index (χ0n) is 16.5. The van der Waals surface area contributed by atoms with Crippen LogP contribution in [0.4, 0.5) is 4.39 Å². The van der Waals surface area contributed by atoms with E-state index in [0.29, 0.717) is 42.4 Å². The van der Waals surface area contributed by atoms with Crippen LogP contribution in [0.5, 0.6) is 0 Å². The molecule has 2 amide bonds. The Morgan fingerprint density at radius 2 is 2.07 bits per heavy atom. The van der Waals surface area contributed by atoms with E-state index in [-0.39, 0.29) is 28.5 Å². The fraction of sp³-hybridized carbons (Fsp3) is 0.476. The van der Waals surface area contributed by atoms with Crippen molar-refractivity contribution in [3.05, 3.63) is 40.3 Å². The van der Waals surface area contributed by atoms with E-state index in [9.17, 15) is 14.0 Å². The number of fused-ring (bicyclic) bond motifs is 1. The van der Waals surface area contributed by atoms with Gasteiger partial charge in [0, 0.05) is 18.5 Å². The Morgan fingerprint density at radius 1 is 1.34 bits per heavy atom. The maximum Gasteiger partial charge on any atom is 0.252 e. The molecule has 2 N–H and O–H groups in total. The van der Waals surface area contributed by atoms with Gasteiger partial charge >= 0.3 is 0 Å². The first kappa shape index (κ1) is 19.9. The Morgan fingerprint density at radius 3 is 2.69 bits per heavy atom. The van der Waals surface area contributed by atoms with Crippen LogP contribution in [0.3, 0.4) is 0 Å². The van der Waals surface area contributed by atoms with Gasteiger partial charge in [0.05, 0.1) is 29.4 Å². The first-order valence-electron chi connectivity index (χ1n) is 9.79. The highest BCUT2D eigenvalue weighted by molar-refractivity contribution is 6.31. The van der Waals surface area contributed by atoms with Crippen molar-refractivity contribution in [2.45, 2.75) is 46.2 Å². The molecule has 0 spiro atoms. The number of hydrogen-bond acceptors (Lipinski definition) is 3. The highest BCUT2D eigenvalue weighted by Crippen LogP contribution is 2.48. The summed E-state index contributed by atoms with van der Waals surface area (Å²) in [5, 5.41) is 4.46. The molecule has 1 saturated carbocycles. The number of benzene rings is 1. The van der Waals surface area contributed by atoms with Crippen LogP contribution in [0, 0.1) is 17.2 Å². The number of halogens is 2. The number of nitrogens with two attached hydrogens (primary N) is 1. The summed E-state index contributed by atoms with van der Waals surface area (Å²) in [5.41, 5.74) is 7.47. The van der Waals surface area contributed by atoms with E-state index < -0.39 is 11.7 Å². The van der Waals surface area contributed by atoms with E-state index in [2.05, 4.69) is 18.9 Å². The van der Waals surface area contributed by atoms with Crippen molar-refractivity contribution in [3.8, 4) is 11.3 Å². The Labute approximate surface area is 173 Å². The van der Waals surface area contributed by atoms with Crippen LogP contribution < -0.4 is 5.73 Å². The molecular formula is C21H24ClFN4O2. The number of primary amides is 1. The molecule has 2 aromatic rings. The van der Waals surface area contributed by atoms with Gasteiger partial charge in [0.15, 0.2) is 0 Å². The molecule has 0 unspecified atom stereocenters. The predicted octanol–water partition coefficient (Wildman–Crippen LogP) is 3.61. The molecule has 0 atom stereocenters. The van der Waals surface area contributed by atoms with Gasteiger partial charge < -0.3 is 10.6 Å². The van der Waals surface area contributed by atoms with Crippen LogP contribution in [0.15, 0.2) is 18.2 Å². The molecule has 4 rings (SSSR count). The maximum atomic E-state index is 13.5. The number of hydrogen-bond donors (Lipinski definition) is 1. The van der Waals surface area contributed by atoms with E-state index in [1.165, 1.54) is 18.2 Å². The van der Waals surface area contributed by atoms with Gasteiger partial charge in [0.1, 0.15) is 11.5 Å². The first-order chi connectivity index (χ1) is 13.7. The van der Waals surface area contributed by atoms with Crippen molar-refractivity contribution < 1.29 is 14.0 Å². The summed E-state index contributed by atoms with van der Waals surface area (Å²) in [6.45, 7) is 5.65. The molecular weight excluding hydrogens is 395 g/mol. The van der Waals surface area contributed by atoms with Crippen LogP contribution in [0.25, 0.3) is 11.3 Å².